The van der Waals surface area contributed by atoms with Crippen molar-refractivity contribution in [1.82, 2.24) is 9.97 Å². The number of aromatic nitrogens is 2. The lowest BCUT2D eigenvalue weighted by Crippen LogP contribution is -1.96. The van der Waals surface area contributed by atoms with Crippen molar-refractivity contribution in [2.45, 2.75) is 0 Å². The van der Waals surface area contributed by atoms with Gasteiger partial charge in [-0.3, -0.25) is 9.97 Å². The second-order valence-electron chi connectivity index (χ2n) is 7.21. The van der Waals surface area contributed by atoms with Crippen LogP contribution in [-0.2, 0) is 9.59 Å². The molecule has 10 heteroatoms. The summed E-state index contributed by atoms with van der Waals surface area (Å²) in [5, 5.41) is 36.1. The number of pyridine rings is 2. The van der Waals surface area contributed by atoms with E-state index in [1.807, 2.05) is 36.4 Å². The minimum atomic E-state index is -1.27. The van der Waals surface area contributed by atoms with Crippen LogP contribution in [0.25, 0.3) is 44.4 Å². The highest BCUT2D eigenvalue weighted by Crippen LogP contribution is 2.33. The second kappa shape index (κ2) is 10.6. The zero-order valence-electron chi connectivity index (χ0n) is 18.2. The number of rotatable bonds is 7. The van der Waals surface area contributed by atoms with Gasteiger partial charge in [0.1, 0.15) is 23.3 Å². The zero-order valence-corrected chi connectivity index (χ0v) is 19.9. The van der Waals surface area contributed by atoms with Gasteiger partial charge in [0.2, 0.25) is 0 Å². The normalized spacial score (nSPS) is 11.5. The first kappa shape index (κ1) is 24.2. The molecular weight excluding hydrogens is 496 g/mol. The van der Waals surface area contributed by atoms with Crippen molar-refractivity contribution in [1.29, 1.82) is 10.5 Å². The van der Waals surface area contributed by atoms with Crippen LogP contribution in [0.15, 0.2) is 72.1 Å². The number of nitriles is 2. The van der Waals surface area contributed by atoms with E-state index < -0.39 is 11.9 Å². The fourth-order valence-electron chi connectivity index (χ4n) is 3.19. The van der Waals surface area contributed by atoms with Crippen LogP contribution >= 0.6 is 22.7 Å². The van der Waals surface area contributed by atoms with Crippen LogP contribution in [0.1, 0.15) is 9.75 Å². The van der Waals surface area contributed by atoms with Crippen LogP contribution < -0.4 is 0 Å². The number of hydrogen-bond donors (Lipinski definition) is 2. The number of carbonyl (C=O) groups is 2. The molecule has 4 aromatic heterocycles. The minimum Gasteiger partial charge on any atom is -0.477 e. The maximum atomic E-state index is 11.1. The minimum absolute atomic E-state index is 0.334. The van der Waals surface area contributed by atoms with Gasteiger partial charge < -0.3 is 10.2 Å². The lowest BCUT2D eigenvalue weighted by Gasteiger charge is -2.05. The Morgan fingerprint density at radius 3 is 1.50 bits per heavy atom. The Balaban J connectivity index is 1.63. The molecule has 0 atom stereocenters. The van der Waals surface area contributed by atoms with Gasteiger partial charge in [-0.2, -0.15) is 10.5 Å². The molecule has 174 valence electrons. The highest BCUT2D eigenvalue weighted by molar-refractivity contribution is 7.16. The van der Waals surface area contributed by atoms with Gasteiger partial charge in [-0.25, -0.2) is 9.59 Å². The number of carboxylic acids is 2. The topological polar surface area (TPSA) is 148 Å². The van der Waals surface area contributed by atoms with Crippen molar-refractivity contribution in [3.63, 3.8) is 0 Å². The van der Waals surface area contributed by atoms with Gasteiger partial charge in [0.25, 0.3) is 0 Å². The van der Waals surface area contributed by atoms with Gasteiger partial charge in [-0.1, -0.05) is 0 Å². The van der Waals surface area contributed by atoms with E-state index >= 15 is 0 Å². The highest BCUT2D eigenvalue weighted by atomic mass is 32.1. The van der Waals surface area contributed by atoms with Crippen LogP contribution in [0.5, 0.6) is 0 Å². The van der Waals surface area contributed by atoms with Gasteiger partial charge in [-0.15, -0.1) is 22.7 Å². The van der Waals surface area contributed by atoms with Crippen LogP contribution in [0.2, 0.25) is 0 Å². The molecule has 4 aromatic rings. The van der Waals surface area contributed by atoms with Crippen molar-refractivity contribution in [3.8, 4) is 44.4 Å². The van der Waals surface area contributed by atoms with Crippen molar-refractivity contribution in [3.05, 3.63) is 81.8 Å². The summed E-state index contributed by atoms with van der Waals surface area (Å²) in [6, 6.07) is 18.0. The van der Waals surface area contributed by atoms with Gasteiger partial charge >= 0.3 is 11.9 Å². The third-order valence-corrected chi connectivity index (χ3v) is 7.04. The summed E-state index contributed by atoms with van der Waals surface area (Å²) in [4.78, 5) is 34.1. The molecule has 8 nitrogen and oxygen atoms in total. The molecule has 2 N–H and O–H groups in total. The van der Waals surface area contributed by atoms with Crippen LogP contribution in [0, 0.1) is 22.7 Å². The highest BCUT2D eigenvalue weighted by Gasteiger charge is 2.12. The Morgan fingerprint density at radius 2 is 1.14 bits per heavy atom. The number of hydrogen-bond acceptors (Lipinski definition) is 8. The summed E-state index contributed by atoms with van der Waals surface area (Å²) < 4.78 is 0. The predicted octanol–water partition coefficient (Wildman–Crippen LogP) is 5.58. The van der Waals surface area contributed by atoms with Crippen LogP contribution in [0.4, 0.5) is 0 Å². The molecule has 0 amide bonds. The first-order chi connectivity index (χ1) is 17.4. The average molecular weight is 511 g/mol. The predicted molar refractivity (Wildman–Crippen MR) is 137 cm³/mol. The zero-order chi connectivity index (χ0) is 25.7. The molecule has 36 heavy (non-hydrogen) atoms. The third-order valence-electron chi connectivity index (χ3n) is 4.88. The van der Waals surface area contributed by atoms with Gasteiger partial charge in [0.15, 0.2) is 0 Å². The molecule has 0 fully saturated rings. The van der Waals surface area contributed by atoms with E-state index in [2.05, 4.69) is 9.97 Å². The molecule has 0 aromatic carbocycles. The van der Waals surface area contributed by atoms with E-state index in [1.54, 1.807) is 36.7 Å². The van der Waals surface area contributed by atoms with E-state index in [9.17, 15) is 9.59 Å². The summed E-state index contributed by atoms with van der Waals surface area (Å²) in [5.74, 6) is -2.54. The standard InChI is InChI=1S/C26H14N4O4S2/c27-13-17(25(31)32)9-19-1-3-23(35-19)15-5-7-29-21(11-15)22-12-16(6-8-30-22)24-4-2-20(36-24)10-18(14-28)26(33)34/h1-12H,(H,31,32)(H,33,34)/b17-9-,18-10-. The number of thiophene rings is 2. The maximum absolute atomic E-state index is 11.1. The molecule has 0 aliphatic carbocycles. The smallest absolute Gasteiger partial charge is 0.346 e. The number of aliphatic carboxylic acids is 2. The molecule has 0 saturated carbocycles. The molecule has 0 unspecified atom stereocenters. The van der Waals surface area contributed by atoms with Crippen LogP contribution in [-0.4, -0.2) is 32.1 Å². The molecule has 0 bridgehead atoms. The first-order valence-electron chi connectivity index (χ1n) is 10.2. The molecule has 4 heterocycles. The average Bonchev–Trinajstić information content (AvgIpc) is 3.55. The quantitative estimate of drug-likeness (QED) is 0.242. The van der Waals surface area contributed by atoms with Crippen molar-refractivity contribution < 1.29 is 19.8 Å². The molecular formula is C26H14N4O4S2. The molecule has 0 radical (unpaired) electrons. The monoisotopic (exact) mass is 510 g/mol. The lowest BCUT2D eigenvalue weighted by molar-refractivity contribution is -0.133. The molecule has 0 spiro atoms. The third kappa shape index (κ3) is 5.42. The Kier molecular flexibility index (Phi) is 7.12. The Labute approximate surface area is 213 Å². The maximum Gasteiger partial charge on any atom is 0.346 e. The van der Waals surface area contributed by atoms with Crippen LogP contribution in [0.3, 0.4) is 0 Å². The lowest BCUT2D eigenvalue weighted by atomic mass is 10.1. The molecule has 0 aliphatic rings. The summed E-state index contributed by atoms with van der Waals surface area (Å²) in [5.41, 5.74) is 2.34. The second-order valence-corrected chi connectivity index (χ2v) is 9.44. The Bertz CT molecular complexity index is 1510. The molecule has 0 saturated heterocycles. The van der Waals surface area contributed by atoms with Crippen molar-refractivity contribution in [2.24, 2.45) is 0 Å². The van der Waals surface area contributed by atoms with E-state index in [1.165, 1.54) is 34.8 Å². The Morgan fingerprint density at radius 1 is 0.722 bits per heavy atom. The van der Waals surface area contributed by atoms with Gasteiger partial charge in [-0.05, 0) is 71.8 Å². The van der Waals surface area contributed by atoms with E-state index in [-0.39, 0.29) is 11.1 Å². The molecule has 0 aliphatic heterocycles. The number of nitrogens with zero attached hydrogens (tertiary/aromatic N) is 4. The molecule has 4 rings (SSSR count). The number of carboxylic acid groups (broad SMARTS) is 2. The summed E-state index contributed by atoms with van der Waals surface area (Å²) >= 11 is 2.71. The summed E-state index contributed by atoms with van der Waals surface area (Å²) in [7, 11) is 0. The van der Waals surface area contributed by atoms with Crippen molar-refractivity contribution >= 4 is 46.8 Å². The van der Waals surface area contributed by atoms with E-state index in [4.69, 9.17) is 20.7 Å². The van der Waals surface area contributed by atoms with E-state index in [0.29, 0.717) is 21.1 Å². The fraction of sp³-hybridized carbons (Fsp3) is 0. The summed E-state index contributed by atoms with van der Waals surface area (Å²) in [6.07, 6.45) is 6.00. The van der Waals surface area contributed by atoms with Gasteiger partial charge in [0.05, 0.1) is 11.4 Å². The first-order valence-corrected chi connectivity index (χ1v) is 11.8. The van der Waals surface area contributed by atoms with Gasteiger partial charge in [0, 0.05) is 31.9 Å². The largest absolute Gasteiger partial charge is 0.477 e. The SMILES string of the molecule is N#C/C(=C/c1ccc(-c2ccnc(-c3cc(-c4ccc(/C=C(/C#N)C(=O)O)s4)ccn3)c2)s1)C(=O)O. The van der Waals surface area contributed by atoms with Crippen molar-refractivity contribution in [2.75, 3.05) is 0 Å². The fourth-order valence-corrected chi connectivity index (χ4v) is 5.08. The Hall–Kier alpha value is -4.90. The summed E-state index contributed by atoms with van der Waals surface area (Å²) in [6.45, 7) is 0. The van der Waals surface area contributed by atoms with E-state index in [0.717, 1.165) is 20.9 Å².